The zero-order chi connectivity index (χ0) is 14.4. The topological polar surface area (TPSA) is 53.4 Å². The first-order chi connectivity index (χ1) is 9.49. The van der Waals surface area contributed by atoms with Crippen LogP contribution in [0, 0.1) is 11.6 Å². The van der Waals surface area contributed by atoms with Crippen LogP contribution in [0.15, 0.2) is 12.1 Å². The van der Waals surface area contributed by atoms with Crippen molar-refractivity contribution in [3.8, 4) is 0 Å². The van der Waals surface area contributed by atoms with E-state index in [0.717, 1.165) is 12.1 Å². The largest absolute Gasteiger partial charge is 0.478 e. The summed E-state index contributed by atoms with van der Waals surface area (Å²) >= 11 is 0. The number of aromatic carboxylic acids is 1. The highest BCUT2D eigenvalue weighted by atomic mass is 19.1. The van der Waals surface area contributed by atoms with E-state index in [4.69, 9.17) is 0 Å². The van der Waals surface area contributed by atoms with E-state index in [-0.39, 0.29) is 16.5 Å². The minimum Gasteiger partial charge on any atom is -0.478 e. The maximum atomic E-state index is 14.0. The molecule has 0 saturated carbocycles. The zero-order valence-corrected chi connectivity index (χ0v) is 10.8. The smallest absolute Gasteiger partial charge is 0.336 e. The van der Waals surface area contributed by atoms with Crippen molar-refractivity contribution in [3.63, 3.8) is 0 Å². The van der Waals surface area contributed by atoms with Crippen LogP contribution in [0.1, 0.15) is 21.6 Å². The number of nitrogens with zero attached hydrogens (tertiary/aromatic N) is 2. The van der Waals surface area contributed by atoms with E-state index < -0.39 is 17.6 Å². The Labute approximate surface area is 113 Å². The van der Waals surface area contributed by atoms with Crippen LogP contribution in [-0.4, -0.2) is 34.6 Å². The number of pyridine rings is 1. The van der Waals surface area contributed by atoms with Crippen LogP contribution in [0.25, 0.3) is 10.9 Å². The molecule has 2 aromatic rings. The molecule has 0 fully saturated rings. The van der Waals surface area contributed by atoms with Crippen molar-refractivity contribution in [2.45, 2.75) is 13.0 Å². The minimum absolute atomic E-state index is 0.173. The quantitative estimate of drug-likeness (QED) is 0.869. The van der Waals surface area contributed by atoms with E-state index >= 15 is 0 Å². The molecular formula is C14H12F2N2O2. The number of carboxylic acids is 1. The molecule has 1 aliphatic rings. The Balaban J connectivity index is 2.46. The lowest BCUT2D eigenvalue weighted by atomic mass is 9.95. The van der Waals surface area contributed by atoms with Crippen LogP contribution in [-0.2, 0) is 13.0 Å². The van der Waals surface area contributed by atoms with Gasteiger partial charge in [0.25, 0.3) is 0 Å². The van der Waals surface area contributed by atoms with Crippen LogP contribution in [0.4, 0.5) is 8.78 Å². The van der Waals surface area contributed by atoms with Crippen LogP contribution < -0.4 is 0 Å². The number of hydrogen-bond acceptors (Lipinski definition) is 3. The van der Waals surface area contributed by atoms with Gasteiger partial charge in [0.15, 0.2) is 0 Å². The molecule has 0 atom stereocenters. The van der Waals surface area contributed by atoms with Crippen molar-refractivity contribution < 1.29 is 18.7 Å². The standard InChI is InChI=1S/C14H12F2N2O2/c1-18-5-4-10-7(6-18)11(14(19)20)12-8(15)2-3-9(16)13(12)17-10/h2-3H,4-6H2,1H3,(H,19,20). The van der Waals surface area contributed by atoms with E-state index in [1.807, 2.05) is 11.9 Å². The Hall–Kier alpha value is -2.08. The number of benzene rings is 1. The second-order valence-electron chi connectivity index (χ2n) is 4.96. The third-order valence-electron chi connectivity index (χ3n) is 3.60. The van der Waals surface area contributed by atoms with Gasteiger partial charge in [-0.3, -0.25) is 0 Å². The normalized spacial score (nSPS) is 15.3. The Morgan fingerprint density at radius 1 is 1.35 bits per heavy atom. The van der Waals surface area contributed by atoms with E-state index in [9.17, 15) is 18.7 Å². The number of likely N-dealkylation sites (N-methyl/N-ethyl adjacent to an activating group) is 1. The molecule has 0 unspecified atom stereocenters. The SMILES string of the molecule is CN1CCc2nc3c(F)ccc(F)c3c(C(=O)O)c2C1. The first-order valence-electron chi connectivity index (χ1n) is 6.20. The summed E-state index contributed by atoms with van der Waals surface area (Å²) in [5, 5.41) is 9.16. The summed E-state index contributed by atoms with van der Waals surface area (Å²) in [5.74, 6) is -2.72. The first kappa shape index (κ1) is 12.9. The van der Waals surface area contributed by atoms with Crippen LogP contribution in [0.2, 0.25) is 0 Å². The monoisotopic (exact) mass is 278 g/mol. The van der Waals surface area contributed by atoms with E-state index in [2.05, 4.69) is 4.98 Å². The van der Waals surface area contributed by atoms with Gasteiger partial charge in [0.1, 0.15) is 17.2 Å². The summed E-state index contributed by atoms with van der Waals surface area (Å²) in [7, 11) is 1.85. The van der Waals surface area contributed by atoms with Gasteiger partial charge in [0, 0.05) is 30.8 Å². The van der Waals surface area contributed by atoms with E-state index in [0.29, 0.717) is 30.8 Å². The van der Waals surface area contributed by atoms with Gasteiger partial charge in [-0.15, -0.1) is 0 Å². The average Bonchev–Trinajstić information content (AvgIpc) is 2.40. The molecule has 0 amide bonds. The van der Waals surface area contributed by atoms with Crippen molar-refractivity contribution in [1.29, 1.82) is 0 Å². The van der Waals surface area contributed by atoms with Gasteiger partial charge < -0.3 is 10.0 Å². The van der Waals surface area contributed by atoms with Crippen molar-refractivity contribution in [1.82, 2.24) is 9.88 Å². The Kier molecular flexibility index (Phi) is 2.90. The number of halogens is 2. The molecule has 104 valence electrons. The molecule has 0 bridgehead atoms. The fourth-order valence-electron chi connectivity index (χ4n) is 2.64. The summed E-state index contributed by atoms with van der Waals surface area (Å²) in [6.45, 7) is 1.08. The second-order valence-corrected chi connectivity index (χ2v) is 4.96. The number of fused-ring (bicyclic) bond motifs is 2. The molecular weight excluding hydrogens is 266 g/mol. The van der Waals surface area contributed by atoms with Crippen molar-refractivity contribution in [2.75, 3.05) is 13.6 Å². The molecule has 4 nitrogen and oxygen atoms in total. The molecule has 0 aliphatic carbocycles. The van der Waals surface area contributed by atoms with Gasteiger partial charge in [0.2, 0.25) is 0 Å². The molecule has 1 N–H and O–H groups in total. The highest BCUT2D eigenvalue weighted by Gasteiger charge is 2.27. The summed E-state index contributed by atoms with van der Waals surface area (Å²) in [6, 6.07) is 1.91. The molecule has 1 aromatic carbocycles. The maximum Gasteiger partial charge on any atom is 0.336 e. The Morgan fingerprint density at radius 3 is 2.75 bits per heavy atom. The predicted molar refractivity (Wildman–Crippen MR) is 68.7 cm³/mol. The highest BCUT2D eigenvalue weighted by Crippen LogP contribution is 2.30. The molecule has 0 radical (unpaired) electrons. The lowest BCUT2D eigenvalue weighted by Crippen LogP contribution is -2.29. The number of rotatable bonds is 1. The average molecular weight is 278 g/mol. The summed E-state index contributed by atoms with van der Waals surface area (Å²) in [4.78, 5) is 17.6. The van der Waals surface area contributed by atoms with Gasteiger partial charge in [-0.2, -0.15) is 0 Å². The fourth-order valence-corrected chi connectivity index (χ4v) is 2.64. The first-order valence-corrected chi connectivity index (χ1v) is 6.20. The Morgan fingerprint density at radius 2 is 2.05 bits per heavy atom. The van der Waals surface area contributed by atoms with Crippen molar-refractivity contribution >= 4 is 16.9 Å². The summed E-state index contributed by atoms with van der Waals surface area (Å²) in [6.07, 6.45) is 0.526. The van der Waals surface area contributed by atoms with Crippen LogP contribution >= 0.6 is 0 Å². The fraction of sp³-hybridized carbons (Fsp3) is 0.286. The molecule has 1 aromatic heterocycles. The van der Waals surface area contributed by atoms with Gasteiger partial charge >= 0.3 is 5.97 Å². The summed E-state index contributed by atoms with van der Waals surface area (Å²) in [5.41, 5.74) is 0.639. The number of carbonyl (C=O) groups is 1. The van der Waals surface area contributed by atoms with E-state index in [1.165, 1.54) is 0 Å². The van der Waals surface area contributed by atoms with Gasteiger partial charge in [-0.05, 0) is 19.2 Å². The molecule has 2 heterocycles. The number of hydrogen-bond donors (Lipinski definition) is 1. The third kappa shape index (κ3) is 1.84. The molecule has 0 spiro atoms. The molecule has 6 heteroatoms. The lowest BCUT2D eigenvalue weighted by Gasteiger charge is -2.26. The minimum atomic E-state index is -1.26. The number of carboxylic acid groups (broad SMARTS) is 1. The van der Waals surface area contributed by atoms with E-state index in [1.54, 1.807) is 0 Å². The van der Waals surface area contributed by atoms with Crippen LogP contribution in [0.3, 0.4) is 0 Å². The zero-order valence-electron chi connectivity index (χ0n) is 10.8. The Bertz CT molecular complexity index is 731. The van der Waals surface area contributed by atoms with Crippen molar-refractivity contribution in [3.05, 3.63) is 40.6 Å². The van der Waals surface area contributed by atoms with Crippen molar-refractivity contribution in [2.24, 2.45) is 0 Å². The van der Waals surface area contributed by atoms with Crippen LogP contribution in [0.5, 0.6) is 0 Å². The molecule has 0 saturated heterocycles. The van der Waals surface area contributed by atoms with Gasteiger partial charge in [-0.1, -0.05) is 0 Å². The molecule has 1 aliphatic heterocycles. The van der Waals surface area contributed by atoms with Gasteiger partial charge in [-0.25, -0.2) is 18.6 Å². The maximum absolute atomic E-state index is 14.0. The predicted octanol–water partition coefficient (Wildman–Crippen LogP) is 2.20. The highest BCUT2D eigenvalue weighted by molar-refractivity contribution is 6.04. The summed E-state index contributed by atoms with van der Waals surface area (Å²) < 4.78 is 27.8. The number of aromatic nitrogens is 1. The van der Waals surface area contributed by atoms with Gasteiger partial charge in [0.05, 0.1) is 10.9 Å². The molecule has 20 heavy (non-hydrogen) atoms. The molecule has 3 rings (SSSR count). The lowest BCUT2D eigenvalue weighted by molar-refractivity contribution is 0.0696. The second kappa shape index (κ2) is 4.49. The third-order valence-corrected chi connectivity index (χ3v) is 3.60.